The molecular formula is C12H22O. The van der Waals surface area contributed by atoms with Crippen molar-refractivity contribution < 1.29 is 4.74 Å². The number of rotatable bonds is 2. The summed E-state index contributed by atoms with van der Waals surface area (Å²) in [6, 6.07) is 0. The Morgan fingerprint density at radius 3 is 2.38 bits per heavy atom. The monoisotopic (exact) mass is 182 g/mol. The lowest BCUT2D eigenvalue weighted by atomic mass is 9.66. The van der Waals surface area contributed by atoms with Gasteiger partial charge >= 0.3 is 0 Å². The summed E-state index contributed by atoms with van der Waals surface area (Å²) < 4.78 is 5.91. The number of fused-ring (bicyclic) bond motifs is 2. The van der Waals surface area contributed by atoms with Crippen LogP contribution in [-0.2, 0) is 4.74 Å². The Hall–Kier alpha value is -0.0400. The van der Waals surface area contributed by atoms with Crippen LogP contribution in [-0.4, -0.2) is 12.2 Å². The summed E-state index contributed by atoms with van der Waals surface area (Å²) in [5, 5.41) is 0. The van der Waals surface area contributed by atoms with E-state index in [0.717, 1.165) is 18.4 Å². The van der Waals surface area contributed by atoms with E-state index in [1.54, 1.807) is 0 Å². The highest BCUT2D eigenvalue weighted by Crippen LogP contribution is 2.45. The second kappa shape index (κ2) is 3.61. The van der Waals surface area contributed by atoms with Crippen molar-refractivity contribution in [1.29, 1.82) is 0 Å². The largest absolute Gasteiger partial charge is 0.376 e. The molecule has 0 saturated heterocycles. The zero-order valence-electron chi connectivity index (χ0n) is 9.01. The summed E-state index contributed by atoms with van der Waals surface area (Å²) in [4.78, 5) is 0. The van der Waals surface area contributed by atoms with Gasteiger partial charge in [-0.3, -0.25) is 0 Å². The average molecular weight is 182 g/mol. The molecule has 2 unspecified atom stereocenters. The molecule has 0 heterocycles. The molecule has 0 amide bonds. The summed E-state index contributed by atoms with van der Waals surface area (Å²) in [6.45, 7) is 5.33. The highest BCUT2D eigenvalue weighted by Gasteiger charge is 2.39. The van der Waals surface area contributed by atoms with Gasteiger partial charge in [0.15, 0.2) is 0 Å². The summed E-state index contributed by atoms with van der Waals surface area (Å²) >= 11 is 0. The van der Waals surface area contributed by atoms with Crippen LogP contribution < -0.4 is 0 Å². The van der Waals surface area contributed by atoms with Crippen molar-refractivity contribution in [3.8, 4) is 0 Å². The van der Waals surface area contributed by atoms with E-state index in [0.29, 0.717) is 0 Å². The molecule has 2 aliphatic rings. The van der Waals surface area contributed by atoms with E-state index in [9.17, 15) is 0 Å². The molecule has 1 nitrogen and oxygen atoms in total. The fraction of sp³-hybridized carbons (Fsp3) is 1.00. The predicted octanol–water partition coefficient (Wildman–Crippen LogP) is 3.38. The molecule has 2 aliphatic carbocycles. The topological polar surface area (TPSA) is 9.23 Å². The van der Waals surface area contributed by atoms with Gasteiger partial charge in [-0.1, -0.05) is 19.3 Å². The Labute approximate surface area is 81.9 Å². The number of hydrogen-bond donors (Lipinski definition) is 0. The van der Waals surface area contributed by atoms with Gasteiger partial charge in [0.2, 0.25) is 0 Å². The Kier molecular flexibility index (Phi) is 2.64. The minimum atomic E-state index is 0.225. The first-order chi connectivity index (χ1) is 6.22. The zero-order chi connectivity index (χ0) is 9.31. The molecule has 2 saturated carbocycles. The van der Waals surface area contributed by atoms with Gasteiger partial charge in [-0.25, -0.2) is 0 Å². The van der Waals surface area contributed by atoms with Crippen molar-refractivity contribution in [2.75, 3.05) is 6.61 Å². The predicted molar refractivity (Wildman–Crippen MR) is 54.7 cm³/mol. The first kappa shape index (κ1) is 9.51. The van der Waals surface area contributed by atoms with Crippen LogP contribution >= 0.6 is 0 Å². The number of ether oxygens (including phenoxy) is 1. The molecule has 13 heavy (non-hydrogen) atoms. The normalized spacial score (nSPS) is 44.8. The van der Waals surface area contributed by atoms with Crippen molar-refractivity contribution in [2.45, 2.75) is 58.0 Å². The van der Waals surface area contributed by atoms with Crippen LogP contribution in [0.2, 0.25) is 0 Å². The summed E-state index contributed by atoms with van der Waals surface area (Å²) in [5.74, 6) is 1.95. The standard InChI is InChI=1S/C12H22O/c1-3-13-12(2)8-10-5-4-6-11(7-10)9-12/h10-11H,3-9H2,1-2H3. The maximum absolute atomic E-state index is 5.91. The lowest BCUT2D eigenvalue weighted by molar-refractivity contribution is -0.0890. The Balaban J connectivity index is 2.00. The van der Waals surface area contributed by atoms with Crippen LogP contribution in [0, 0.1) is 11.8 Å². The van der Waals surface area contributed by atoms with Crippen LogP contribution in [0.1, 0.15) is 52.4 Å². The molecule has 0 N–H and O–H groups in total. The van der Waals surface area contributed by atoms with Crippen molar-refractivity contribution >= 4 is 0 Å². The molecule has 0 aromatic carbocycles. The minimum Gasteiger partial charge on any atom is -0.376 e. The summed E-state index contributed by atoms with van der Waals surface area (Å²) in [6.07, 6.45) is 8.51. The fourth-order valence-corrected chi connectivity index (χ4v) is 3.54. The van der Waals surface area contributed by atoms with E-state index in [2.05, 4.69) is 13.8 Å². The van der Waals surface area contributed by atoms with E-state index in [1.165, 1.54) is 38.5 Å². The second-order valence-corrected chi connectivity index (χ2v) is 5.19. The van der Waals surface area contributed by atoms with Crippen LogP contribution in [0.3, 0.4) is 0 Å². The van der Waals surface area contributed by atoms with Gasteiger partial charge in [0.1, 0.15) is 0 Å². The maximum atomic E-state index is 5.91. The summed E-state index contributed by atoms with van der Waals surface area (Å²) in [5.41, 5.74) is 0.225. The third kappa shape index (κ3) is 2.07. The third-order valence-corrected chi connectivity index (χ3v) is 3.83. The van der Waals surface area contributed by atoms with Gasteiger partial charge in [-0.15, -0.1) is 0 Å². The van der Waals surface area contributed by atoms with E-state index in [4.69, 9.17) is 4.74 Å². The highest BCUT2D eigenvalue weighted by molar-refractivity contribution is 4.91. The first-order valence-corrected chi connectivity index (χ1v) is 5.86. The SMILES string of the molecule is CCOC1(C)CC2CCCC(C2)C1. The Morgan fingerprint density at radius 2 is 1.85 bits per heavy atom. The summed E-state index contributed by atoms with van der Waals surface area (Å²) in [7, 11) is 0. The average Bonchev–Trinajstić information content (AvgIpc) is 2.02. The highest BCUT2D eigenvalue weighted by atomic mass is 16.5. The van der Waals surface area contributed by atoms with Crippen LogP contribution in [0.4, 0.5) is 0 Å². The van der Waals surface area contributed by atoms with Crippen molar-refractivity contribution in [2.24, 2.45) is 11.8 Å². The van der Waals surface area contributed by atoms with Gasteiger partial charge in [0.25, 0.3) is 0 Å². The van der Waals surface area contributed by atoms with E-state index < -0.39 is 0 Å². The lowest BCUT2D eigenvalue weighted by Crippen LogP contribution is -2.40. The lowest BCUT2D eigenvalue weighted by Gasteiger charge is -2.45. The maximum Gasteiger partial charge on any atom is 0.0659 e. The Bertz CT molecular complexity index is 164. The molecule has 2 atom stereocenters. The second-order valence-electron chi connectivity index (χ2n) is 5.19. The molecule has 2 fully saturated rings. The first-order valence-electron chi connectivity index (χ1n) is 5.86. The Morgan fingerprint density at radius 1 is 1.23 bits per heavy atom. The third-order valence-electron chi connectivity index (χ3n) is 3.83. The molecule has 0 spiro atoms. The van der Waals surface area contributed by atoms with Crippen molar-refractivity contribution in [3.05, 3.63) is 0 Å². The minimum absolute atomic E-state index is 0.225. The molecule has 2 bridgehead atoms. The van der Waals surface area contributed by atoms with E-state index in [1.807, 2.05) is 0 Å². The van der Waals surface area contributed by atoms with Crippen LogP contribution in [0.15, 0.2) is 0 Å². The number of hydrogen-bond acceptors (Lipinski definition) is 1. The molecule has 0 aromatic rings. The molecule has 0 aliphatic heterocycles. The van der Waals surface area contributed by atoms with Crippen molar-refractivity contribution in [3.63, 3.8) is 0 Å². The van der Waals surface area contributed by atoms with Gasteiger partial charge in [-0.05, 0) is 44.9 Å². The molecule has 0 radical (unpaired) electrons. The van der Waals surface area contributed by atoms with E-state index >= 15 is 0 Å². The molecule has 2 rings (SSSR count). The quantitative estimate of drug-likeness (QED) is 0.636. The van der Waals surface area contributed by atoms with Gasteiger partial charge in [0.05, 0.1) is 5.60 Å². The van der Waals surface area contributed by atoms with Gasteiger partial charge < -0.3 is 4.74 Å². The van der Waals surface area contributed by atoms with Gasteiger partial charge in [-0.2, -0.15) is 0 Å². The van der Waals surface area contributed by atoms with Crippen LogP contribution in [0.5, 0.6) is 0 Å². The zero-order valence-corrected chi connectivity index (χ0v) is 9.01. The molecular weight excluding hydrogens is 160 g/mol. The molecule has 1 heteroatoms. The van der Waals surface area contributed by atoms with Crippen LogP contribution in [0.25, 0.3) is 0 Å². The smallest absolute Gasteiger partial charge is 0.0659 e. The molecule has 76 valence electrons. The van der Waals surface area contributed by atoms with Crippen molar-refractivity contribution in [1.82, 2.24) is 0 Å². The molecule has 0 aromatic heterocycles. The fourth-order valence-electron chi connectivity index (χ4n) is 3.54. The van der Waals surface area contributed by atoms with E-state index in [-0.39, 0.29) is 5.60 Å². The van der Waals surface area contributed by atoms with Gasteiger partial charge in [0, 0.05) is 6.61 Å².